The van der Waals surface area contributed by atoms with E-state index in [1.165, 1.54) is 19.3 Å². The van der Waals surface area contributed by atoms with Crippen LogP contribution >= 0.6 is 55.1 Å². The number of aromatic hydroxyl groups is 1. The fraction of sp³-hybridized carbons (Fsp3) is 0.321. The molecule has 2 aliphatic carbocycles. The van der Waals surface area contributed by atoms with Crippen molar-refractivity contribution in [3.8, 4) is 11.5 Å². The molecule has 2 aliphatic heterocycles. The largest absolute Gasteiger partial charge is 0.503 e. The molecule has 2 aromatic rings. The van der Waals surface area contributed by atoms with Crippen molar-refractivity contribution in [2.75, 3.05) is 12.0 Å². The molecule has 0 aromatic heterocycles. The summed E-state index contributed by atoms with van der Waals surface area (Å²) in [5.41, 5.74) is 3.40. The van der Waals surface area contributed by atoms with Crippen LogP contribution < -0.4 is 15.4 Å². The van der Waals surface area contributed by atoms with Crippen LogP contribution in [-0.2, 0) is 19.2 Å². The number of allylic oxidation sites excluding steroid dienone is 2. The van der Waals surface area contributed by atoms with Crippen LogP contribution in [0.4, 0.5) is 32.4 Å². The van der Waals surface area contributed by atoms with Crippen molar-refractivity contribution < 1.29 is 55.8 Å². The van der Waals surface area contributed by atoms with Crippen molar-refractivity contribution in [3.05, 3.63) is 61.3 Å². The maximum atomic E-state index is 15.1. The summed E-state index contributed by atoms with van der Waals surface area (Å²) in [5, 5.41) is 10.6. The average Bonchev–Trinajstić information content (AvgIpc) is 3.37. The summed E-state index contributed by atoms with van der Waals surface area (Å²) in [6, 6.07) is -0.197. The van der Waals surface area contributed by atoms with Gasteiger partial charge in [-0.15, -0.1) is 23.2 Å². The SMILES string of the molecule is COc1cc([C@H]2C3=CC[C@@H]4C(=O)N(C(N)=O)C(=O)[C@@H]4[C@@H]3C[C@@]3(Cl)C(=O)N(c4c(F)c(F)c(F)c(F)c4F)C(=O)[C@@]23Cl)c(Br)c(Br)c1O. The number of methoxy groups -OCH3 is 1. The zero-order valence-corrected chi connectivity index (χ0v) is 27.8. The lowest BCUT2D eigenvalue weighted by molar-refractivity contribution is -0.136. The fourth-order valence-electron chi connectivity index (χ4n) is 7.11. The van der Waals surface area contributed by atoms with E-state index in [-0.39, 0.29) is 42.1 Å². The molecule has 6 rings (SSSR count). The fourth-order valence-corrected chi connectivity index (χ4v) is 8.99. The van der Waals surface area contributed by atoms with Crippen molar-refractivity contribution in [1.29, 1.82) is 0 Å². The molecule has 0 radical (unpaired) electrons. The third-order valence-corrected chi connectivity index (χ3v) is 12.7. The zero-order chi connectivity index (χ0) is 34.8. The molecule has 2 saturated heterocycles. The number of phenolic OH excluding ortho intramolecular Hbond substituents is 1. The minimum atomic E-state index is -2.82. The highest BCUT2D eigenvalue weighted by molar-refractivity contribution is 9.13. The van der Waals surface area contributed by atoms with Crippen LogP contribution in [0, 0.1) is 46.8 Å². The Bertz CT molecular complexity index is 1910. The number of anilines is 1. The van der Waals surface area contributed by atoms with E-state index in [2.05, 4.69) is 31.9 Å². The van der Waals surface area contributed by atoms with Crippen molar-refractivity contribution in [2.24, 2.45) is 23.5 Å². The number of amides is 6. The third-order valence-electron chi connectivity index (χ3n) is 9.15. The maximum Gasteiger partial charge on any atom is 0.328 e. The van der Waals surface area contributed by atoms with Gasteiger partial charge in [-0.1, -0.05) is 11.6 Å². The Labute approximate surface area is 286 Å². The first-order valence-corrected chi connectivity index (χ1v) is 15.6. The van der Waals surface area contributed by atoms with E-state index in [0.29, 0.717) is 0 Å². The monoisotopic (exact) mass is 829 g/mol. The summed E-state index contributed by atoms with van der Waals surface area (Å²) in [6.45, 7) is 0. The molecular weight excluding hydrogens is 816 g/mol. The minimum Gasteiger partial charge on any atom is -0.503 e. The molecule has 3 fully saturated rings. The zero-order valence-electron chi connectivity index (χ0n) is 23.1. The highest BCUT2D eigenvalue weighted by Gasteiger charge is 2.77. The first-order valence-electron chi connectivity index (χ1n) is 13.3. The number of phenols is 1. The number of alkyl halides is 2. The van der Waals surface area contributed by atoms with Crippen LogP contribution in [0.2, 0.25) is 0 Å². The minimum absolute atomic E-state index is 0.00830. The van der Waals surface area contributed by atoms with E-state index in [4.69, 9.17) is 33.7 Å². The van der Waals surface area contributed by atoms with Gasteiger partial charge >= 0.3 is 6.03 Å². The van der Waals surface area contributed by atoms with Crippen molar-refractivity contribution in [3.63, 3.8) is 0 Å². The van der Waals surface area contributed by atoms with Gasteiger partial charge in [0.15, 0.2) is 44.5 Å². The van der Waals surface area contributed by atoms with Gasteiger partial charge in [-0.25, -0.2) is 31.6 Å². The standard InChI is InChI=1S/C28H16Br2Cl2F5N3O7/c1-47-10-4-8(13(29)14(30)21(10)41)12-6-2-3-7-11(23(43)40(22(7)42)26(38)46)9(6)5-27(31)24(44)39(25(45)28(12,27)32)20-18(36)16(34)15(33)17(35)19(20)37/h2,4,7,9,11-12,41H,3,5H2,1H3,(H2,38,46)/t7-,9+,11-,12+,27+,28-/m0/s1. The molecule has 6 atom stereocenters. The number of ether oxygens (including phenoxy) is 1. The Morgan fingerprint density at radius 2 is 1.53 bits per heavy atom. The first kappa shape index (κ1) is 33.6. The topological polar surface area (TPSA) is 147 Å². The van der Waals surface area contributed by atoms with Gasteiger partial charge in [0.05, 0.1) is 23.4 Å². The second-order valence-electron chi connectivity index (χ2n) is 11.2. The number of imide groups is 4. The van der Waals surface area contributed by atoms with E-state index >= 15 is 8.78 Å². The van der Waals surface area contributed by atoms with Crippen LogP contribution in [0.15, 0.2) is 26.7 Å². The molecule has 1 saturated carbocycles. The van der Waals surface area contributed by atoms with Crippen LogP contribution in [0.25, 0.3) is 0 Å². The lowest BCUT2D eigenvalue weighted by Gasteiger charge is -2.51. The summed E-state index contributed by atoms with van der Waals surface area (Å²) in [5.74, 6) is -24.1. The highest BCUT2D eigenvalue weighted by atomic mass is 79.9. The second kappa shape index (κ2) is 10.9. The summed E-state index contributed by atoms with van der Waals surface area (Å²) in [6.07, 6.45) is 0.435. The summed E-state index contributed by atoms with van der Waals surface area (Å²) in [7, 11) is 1.17. The predicted molar refractivity (Wildman–Crippen MR) is 158 cm³/mol. The molecule has 6 amide bonds. The number of carbonyl (C=O) groups excluding carboxylic acids is 5. The van der Waals surface area contributed by atoms with E-state index in [9.17, 15) is 42.3 Å². The quantitative estimate of drug-likeness (QED) is 0.107. The number of hydrogen-bond donors (Lipinski definition) is 2. The van der Waals surface area contributed by atoms with Gasteiger partial charge in [0.1, 0.15) is 5.69 Å². The number of nitrogens with two attached hydrogens (primary N) is 1. The maximum absolute atomic E-state index is 15.1. The molecular formula is C28H16Br2Cl2F5N3O7. The molecule has 3 N–H and O–H groups in total. The molecule has 10 nitrogen and oxygen atoms in total. The van der Waals surface area contributed by atoms with E-state index < -0.39 is 110 Å². The Morgan fingerprint density at radius 3 is 2.09 bits per heavy atom. The Hall–Kier alpha value is -3.28. The van der Waals surface area contributed by atoms with Crippen molar-refractivity contribution in [2.45, 2.75) is 28.5 Å². The average molecular weight is 832 g/mol. The molecule has 4 aliphatic rings. The number of rotatable bonds is 3. The van der Waals surface area contributed by atoms with Gasteiger partial charge in [-0.05, 0) is 62.2 Å². The summed E-state index contributed by atoms with van der Waals surface area (Å²) in [4.78, 5) is 61.4. The van der Waals surface area contributed by atoms with Gasteiger partial charge in [0.25, 0.3) is 11.8 Å². The smallest absolute Gasteiger partial charge is 0.328 e. The number of benzene rings is 2. The van der Waals surface area contributed by atoms with Crippen LogP contribution in [0.5, 0.6) is 11.5 Å². The molecule has 19 heteroatoms. The normalized spacial score (nSPS) is 30.0. The number of likely N-dealkylation sites (tertiary alicyclic amines) is 1. The van der Waals surface area contributed by atoms with Gasteiger partial charge in [-0.2, -0.15) is 4.90 Å². The van der Waals surface area contributed by atoms with Gasteiger partial charge in [0.2, 0.25) is 17.6 Å². The Balaban J connectivity index is 1.66. The lowest BCUT2D eigenvalue weighted by atomic mass is 9.56. The van der Waals surface area contributed by atoms with E-state index in [1.807, 2.05) is 0 Å². The Morgan fingerprint density at radius 1 is 0.957 bits per heavy atom. The molecule has 2 heterocycles. The number of urea groups is 1. The molecule has 47 heavy (non-hydrogen) atoms. The number of nitrogens with zero attached hydrogens (tertiary/aromatic N) is 2. The molecule has 2 aromatic carbocycles. The summed E-state index contributed by atoms with van der Waals surface area (Å²) >= 11 is 20.5. The lowest BCUT2D eigenvalue weighted by Crippen LogP contribution is -2.60. The predicted octanol–water partition coefficient (Wildman–Crippen LogP) is 5.26. The number of hydrogen-bond acceptors (Lipinski definition) is 7. The third kappa shape index (κ3) is 4.08. The summed E-state index contributed by atoms with van der Waals surface area (Å²) < 4.78 is 78.1. The highest BCUT2D eigenvalue weighted by Crippen LogP contribution is 2.67. The van der Waals surface area contributed by atoms with Gasteiger partial charge in [0, 0.05) is 10.4 Å². The van der Waals surface area contributed by atoms with Crippen molar-refractivity contribution >= 4 is 90.4 Å². The molecule has 0 bridgehead atoms. The number of fused-ring (bicyclic) bond motifs is 4. The van der Waals surface area contributed by atoms with Crippen molar-refractivity contribution in [1.82, 2.24) is 4.90 Å². The number of halogens is 9. The molecule has 0 spiro atoms. The first-order chi connectivity index (χ1) is 21.9. The van der Waals surface area contributed by atoms with Gasteiger partial charge < -0.3 is 15.6 Å². The van der Waals surface area contributed by atoms with Crippen LogP contribution in [0.3, 0.4) is 0 Å². The number of primary amides is 1. The van der Waals surface area contributed by atoms with Crippen LogP contribution in [-0.4, -0.2) is 56.5 Å². The van der Waals surface area contributed by atoms with Gasteiger partial charge in [-0.3, -0.25) is 19.2 Å². The second-order valence-corrected chi connectivity index (χ2v) is 14.0. The number of carbonyl (C=O) groups is 5. The Kier molecular flexibility index (Phi) is 7.77. The van der Waals surface area contributed by atoms with E-state index in [0.717, 1.165) is 0 Å². The van der Waals surface area contributed by atoms with E-state index in [1.54, 1.807) is 0 Å². The van der Waals surface area contributed by atoms with Crippen LogP contribution in [0.1, 0.15) is 24.3 Å². The molecule has 0 unspecified atom stereocenters. The molecule has 248 valence electrons.